The maximum Gasteiger partial charge on any atom is 0.324 e. The fourth-order valence-electron chi connectivity index (χ4n) is 11.3. The van der Waals surface area contributed by atoms with Crippen LogP contribution in [0.4, 0.5) is 0 Å². The fourth-order valence-corrected chi connectivity index (χ4v) is 11.3. The molecular formula is C72H120B6N10O12Rf2. The number of hydrogen-bond donors (Lipinski definition) is 14. The van der Waals surface area contributed by atoms with E-state index >= 15 is 0 Å². The molecule has 6 atom stereocenters. The van der Waals surface area contributed by atoms with E-state index in [1.165, 1.54) is 66.2 Å². The van der Waals surface area contributed by atoms with Crippen molar-refractivity contribution in [2.45, 2.75) is 131 Å². The molecule has 12 rings (SSSR count). The Bertz CT molecular complexity index is 2640. The minimum absolute atomic E-state index is 0. The van der Waals surface area contributed by atoms with Crippen LogP contribution in [-0.2, 0) is 37.5 Å². The number of hydrogen-bond acceptors (Lipinski definition) is 20. The van der Waals surface area contributed by atoms with Gasteiger partial charge in [-0.2, -0.15) is 0 Å². The van der Waals surface area contributed by atoms with Crippen molar-refractivity contribution < 1.29 is 57.9 Å². The summed E-state index contributed by atoms with van der Waals surface area (Å²) in [6.07, 6.45) is 5.82. The van der Waals surface area contributed by atoms with Gasteiger partial charge in [-0.05, 0) is 134 Å². The first-order chi connectivity index (χ1) is 48.2. The van der Waals surface area contributed by atoms with Gasteiger partial charge in [0.25, 0.3) is 0 Å². The standard InChI is InChI=1S/4C10H13BO.2C9H12BNO.2C3H7NO2.2C2H8N2.2C2H7NO.2Rf/c4*1-3-10-8-6-4-5-7-9(8)11(2)12-10;2*1-10-8-5-3-2-4-7(8)9(6-11)12-10;2*1-4-2-3(5)6;2*1-4-2-3;2*1-3-2-4;;/h4*4-7,10H,3H2,1-2H3;2*2-5,9H,6,11H2,1H3;2*4H,2H2,1H3,(H,5,6);2*4H,2-3H2,1H3;2*3-4H,2H2,1H3;;/t4*10-;2*9-;;;;;;;;/m110010......../s1. The number of carboxylic acid groups (broad SMARTS) is 2. The maximum absolute atomic E-state index is 9.54. The van der Waals surface area contributed by atoms with Crippen molar-refractivity contribution in [3.8, 4) is 0 Å². The van der Waals surface area contributed by atoms with E-state index in [0.29, 0.717) is 50.8 Å². The monoisotopic (exact) mass is 1920 g/mol. The first-order valence-electron chi connectivity index (χ1n) is 34.9. The summed E-state index contributed by atoms with van der Waals surface area (Å²) in [4.78, 5) is 19.1. The van der Waals surface area contributed by atoms with Crippen molar-refractivity contribution in [1.29, 1.82) is 0 Å². The number of nitrogens with two attached hydrogens (primary N) is 4. The summed E-state index contributed by atoms with van der Waals surface area (Å²) >= 11 is 0. The molecule has 0 amide bonds. The second-order valence-corrected chi connectivity index (χ2v) is 23.5. The number of nitrogens with one attached hydrogen (secondary N) is 6. The molecule has 0 saturated carbocycles. The Morgan fingerprint density at radius 2 is 0.490 bits per heavy atom. The molecule has 6 heterocycles. The summed E-state index contributed by atoms with van der Waals surface area (Å²) in [6, 6.07) is 50.5. The van der Waals surface area contributed by atoms with E-state index in [1.807, 2.05) is 24.3 Å². The van der Waals surface area contributed by atoms with Gasteiger partial charge in [-0.3, -0.25) is 20.2 Å². The third kappa shape index (κ3) is 32.9. The predicted molar refractivity (Wildman–Crippen MR) is 420 cm³/mol. The summed E-state index contributed by atoms with van der Waals surface area (Å²) in [5.41, 5.74) is 37.1. The van der Waals surface area contributed by atoms with Gasteiger partial charge < -0.3 is 92.6 Å². The van der Waals surface area contributed by atoms with E-state index in [0.717, 1.165) is 25.7 Å². The van der Waals surface area contributed by atoms with Crippen molar-refractivity contribution >= 4 is 86.2 Å². The van der Waals surface area contributed by atoms with Crippen LogP contribution in [0.2, 0.25) is 40.9 Å². The van der Waals surface area contributed by atoms with Crippen LogP contribution in [0, 0.1) is 0 Å². The van der Waals surface area contributed by atoms with Crippen LogP contribution in [0.3, 0.4) is 0 Å². The Labute approximate surface area is 601 Å². The molecule has 0 aliphatic carbocycles. The van der Waals surface area contributed by atoms with Crippen molar-refractivity contribution in [2.75, 3.05) is 95.3 Å². The molecule has 0 spiro atoms. The quantitative estimate of drug-likeness (QED) is 0.0536. The predicted octanol–water partition coefficient (Wildman–Crippen LogP) is 4.21. The number of aliphatic hydroxyl groups excluding tert-OH is 2. The van der Waals surface area contributed by atoms with Crippen molar-refractivity contribution in [2.24, 2.45) is 22.9 Å². The number of aliphatic carboxylic acids is 2. The second kappa shape index (κ2) is 56.5. The molecule has 102 heavy (non-hydrogen) atoms. The molecule has 18 N–H and O–H groups in total. The molecule has 30 heteroatoms. The van der Waals surface area contributed by atoms with Crippen molar-refractivity contribution in [3.05, 3.63) is 179 Å². The number of carbonyl (C=O) groups is 2. The van der Waals surface area contributed by atoms with Gasteiger partial charge in [-0.15, -0.1) is 0 Å². The third-order valence-corrected chi connectivity index (χ3v) is 16.2. The van der Waals surface area contributed by atoms with Crippen LogP contribution in [0.5, 0.6) is 0 Å². The van der Waals surface area contributed by atoms with Gasteiger partial charge in [-0.1, -0.05) is 214 Å². The number of fused-ring (bicyclic) bond motifs is 6. The molecule has 0 saturated heterocycles. The van der Waals surface area contributed by atoms with E-state index in [9.17, 15) is 9.59 Å². The molecule has 552 valence electrons. The summed E-state index contributed by atoms with van der Waals surface area (Å²) < 4.78 is 34.4. The first-order valence-corrected chi connectivity index (χ1v) is 34.9. The van der Waals surface area contributed by atoms with E-state index in [1.54, 1.807) is 42.3 Å². The number of carboxylic acids is 2. The topological polar surface area (TPSA) is 347 Å². The first kappa shape index (κ1) is 96.0. The summed E-state index contributed by atoms with van der Waals surface area (Å²) in [5.74, 6) is -1.64. The molecule has 0 radical (unpaired) electrons. The normalized spacial score (nSPS) is 17.1. The summed E-state index contributed by atoms with van der Waals surface area (Å²) in [5, 5.41) is 46.6. The Morgan fingerprint density at radius 1 is 0.333 bits per heavy atom. The van der Waals surface area contributed by atoms with E-state index in [2.05, 4.69) is 222 Å². The molecule has 6 aromatic rings. The molecular weight excluding hydrogens is 1800 g/mol. The summed E-state index contributed by atoms with van der Waals surface area (Å²) in [7, 11) is 10.2. The zero-order valence-corrected chi connectivity index (χ0v) is 76.8. The second-order valence-electron chi connectivity index (χ2n) is 23.5. The summed E-state index contributed by atoms with van der Waals surface area (Å²) in [6.45, 7) is 25.3. The molecule has 22 nitrogen and oxygen atoms in total. The SMILES string of the molecule is CB1O[C@@H](CN)c2ccccc21.CB1O[C@H](CN)c2ccccc21.CC[C@@H]1OB(C)c2ccccc21.CC[C@@H]1OB(C)c2ccccc21.CC[C@H]1OB(C)c2ccccc21.CC[C@H]1OB(C)c2ccccc21.CNCC(=O)O.CNCC(=O)O.CNCN.CNCN.CNCO.CNCO.[Rf].[Rf]. The van der Waals surface area contributed by atoms with E-state index in [-0.39, 0.29) is 80.3 Å². The average molecular weight is 1920 g/mol. The Balaban J connectivity index is 0. The molecule has 0 fully saturated rings. The zero-order valence-electron chi connectivity index (χ0n) is 64.0. The zero-order chi connectivity index (χ0) is 75.0. The molecule has 0 aromatic heterocycles. The molecule has 0 unspecified atom stereocenters. The van der Waals surface area contributed by atoms with Gasteiger partial charge in [-0.25, -0.2) is 0 Å². The number of rotatable bonds is 14. The van der Waals surface area contributed by atoms with Crippen molar-refractivity contribution in [1.82, 2.24) is 31.9 Å². The fraction of sp³-hybridized carbons (Fsp3) is 0.472. The minimum atomic E-state index is -0.822. The Hall–Kier alpha value is -8.07. The van der Waals surface area contributed by atoms with Gasteiger partial charge in [0.05, 0.1) is 63.2 Å². The van der Waals surface area contributed by atoms with Gasteiger partial charge in [0.15, 0.2) is 0 Å². The van der Waals surface area contributed by atoms with Gasteiger partial charge in [0.2, 0.25) is 0 Å². The Morgan fingerprint density at radius 3 is 0.608 bits per heavy atom. The molecule has 6 aliphatic rings. The van der Waals surface area contributed by atoms with Crippen LogP contribution >= 0.6 is 0 Å². The Kier molecular flexibility index (Phi) is 53.1. The van der Waals surface area contributed by atoms with E-state index < -0.39 is 11.9 Å². The minimum Gasteiger partial charge on any atom is -0.480 e. The van der Waals surface area contributed by atoms with Crippen LogP contribution in [0.15, 0.2) is 146 Å². The van der Waals surface area contributed by atoms with Crippen LogP contribution < -0.4 is 87.6 Å². The van der Waals surface area contributed by atoms with E-state index in [4.69, 9.17) is 71.3 Å². The molecule has 6 aliphatic heterocycles. The third-order valence-electron chi connectivity index (χ3n) is 16.2. The van der Waals surface area contributed by atoms with Crippen LogP contribution in [-0.4, -0.2) is 169 Å². The average Bonchev–Trinajstić information content (AvgIpc) is 1.73. The van der Waals surface area contributed by atoms with Gasteiger partial charge in [0.1, 0.15) is 0 Å². The molecule has 6 aromatic carbocycles. The van der Waals surface area contributed by atoms with Crippen LogP contribution in [0.25, 0.3) is 0 Å². The van der Waals surface area contributed by atoms with Gasteiger partial charge in [0, 0.05) is 26.4 Å². The number of benzene rings is 6. The van der Waals surface area contributed by atoms with Gasteiger partial charge >= 0.3 is 53.4 Å². The van der Waals surface area contributed by atoms with Crippen LogP contribution in [0.1, 0.15) is 123 Å². The molecule has 0 bridgehead atoms. The van der Waals surface area contributed by atoms with Crippen molar-refractivity contribution in [3.63, 3.8) is 0 Å². The number of aliphatic hydroxyl groups is 2. The smallest absolute Gasteiger partial charge is 0.324 e. The largest absolute Gasteiger partial charge is 0.480 e. The maximum atomic E-state index is 9.54. The number of likely N-dealkylation sites (N-methyl/N-ethyl adjacent to an activating group) is 2.